The lowest BCUT2D eigenvalue weighted by molar-refractivity contribution is 0.152. The molecule has 1 aromatic carbocycles. The lowest BCUT2D eigenvalue weighted by Crippen LogP contribution is -2.39. The summed E-state index contributed by atoms with van der Waals surface area (Å²) in [6.07, 6.45) is 0. The average molecular weight is 412 g/mol. The molecule has 0 aliphatic rings. The Morgan fingerprint density at radius 3 is 2.55 bits per heavy atom. The number of ether oxygens (including phenoxy) is 1. The van der Waals surface area contributed by atoms with E-state index in [0.717, 1.165) is 30.7 Å². The van der Waals surface area contributed by atoms with Crippen LogP contribution in [0, 0.1) is 0 Å². The zero-order chi connectivity index (χ0) is 14.1. The predicted molar refractivity (Wildman–Crippen MR) is 96.2 cm³/mol. The van der Waals surface area contributed by atoms with Crippen molar-refractivity contribution in [3.05, 3.63) is 34.9 Å². The van der Waals surface area contributed by atoms with Crippen LogP contribution in [0.2, 0.25) is 5.02 Å². The molecule has 0 fully saturated rings. The molecule has 0 amide bonds. The van der Waals surface area contributed by atoms with E-state index in [1.165, 1.54) is 5.56 Å². The summed E-state index contributed by atoms with van der Waals surface area (Å²) in [4.78, 5) is 6.31. The van der Waals surface area contributed by atoms with Crippen molar-refractivity contribution in [2.24, 2.45) is 4.99 Å². The number of guanidine groups is 1. The van der Waals surface area contributed by atoms with Crippen LogP contribution in [-0.2, 0) is 11.3 Å². The van der Waals surface area contributed by atoms with Gasteiger partial charge in [0.05, 0.1) is 6.61 Å². The third kappa shape index (κ3) is 7.31. The van der Waals surface area contributed by atoms with Crippen molar-refractivity contribution in [2.75, 3.05) is 33.9 Å². The molecule has 0 aromatic heterocycles. The van der Waals surface area contributed by atoms with E-state index in [0.29, 0.717) is 6.61 Å². The number of rotatable bonds is 6. The van der Waals surface area contributed by atoms with Gasteiger partial charge in [0.2, 0.25) is 0 Å². The fraction of sp³-hybridized carbons (Fsp3) is 0.500. The molecule has 0 aliphatic heterocycles. The normalized spacial score (nSPS) is 10.9. The Balaban J connectivity index is 0.00000361. The van der Waals surface area contributed by atoms with Gasteiger partial charge < -0.3 is 15.0 Å². The number of hydrogen-bond donors (Lipinski definition) is 1. The van der Waals surface area contributed by atoms with Gasteiger partial charge in [0.25, 0.3) is 0 Å². The first-order valence-corrected chi connectivity index (χ1v) is 6.79. The van der Waals surface area contributed by atoms with Gasteiger partial charge in [-0.25, -0.2) is 0 Å². The smallest absolute Gasteiger partial charge is 0.193 e. The molecule has 4 nitrogen and oxygen atoms in total. The molecule has 0 atom stereocenters. The van der Waals surface area contributed by atoms with Crippen LogP contribution in [0.15, 0.2) is 29.3 Å². The maximum Gasteiger partial charge on any atom is 0.193 e. The molecule has 1 N–H and O–H groups in total. The minimum atomic E-state index is 0. The molecule has 0 saturated heterocycles. The summed E-state index contributed by atoms with van der Waals surface area (Å²) in [5.41, 5.74) is 1.19. The number of hydrogen-bond acceptors (Lipinski definition) is 2. The minimum absolute atomic E-state index is 0. The van der Waals surface area contributed by atoms with Crippen molar-refractivity contribution >= 4 is 41.5 Å². The number of aliphatic imine (C=N–C) groups is 1. The highest BCUT2D eigenvalue weighted by molar-refractivity contribution is 14.0. The van der Waals surface area contributed by atoms with Crippen LogP contribution < -0.4 is 5.32 Å². The summed E-state index contributed by atoms with van der Waals surface area (Å²) in [7, 11) is 3.78. The Morgan fingerprint density at radius 1 is 1.35 bits per heavy atom. The fourth-order valence-electron chi connectivity index (χ4n) is 1.70. The van der Waals surface area contributed by atoms with Gasteiger partial charge in [-0.3, -0.25) is 4.99 Å². The fourth-order valence-corrected chi connectivity index (χ4v) is 1.83. The Bertz CT molecular complexity index is 398. The molecule has 0 spiro atoms. The van der Waals surface area contributed by atoms with Crippen LogP contribution in [0.3, 0.4) is 0 Å². The molecule has 1 rings (SSSR count). The summed E-state index contributed by atoms with van der Waals surface area (Å²) >= 11 is 5.87. The minimum Gasteiger partial charge on any atom is -0.380 e. The summed E-state index contributed by atoms with van der Waals surface area (Å²) in [6, 6.07) is 7.84. The van der Waals surface area contributed by atoms with Crippen molar-refractivity contribution in [3.63, 3.8) is 0 Å². The maximum absolute atomic E-state index is 5.87. The van der Waals surface area contributed by atoms with E-state index in [9.17, 15) is 0 Å². The predicted octanol–water partition coefficient (Wildman–Crippen LogP) is 3.00. The van der Waals surface area contributed by atoms with Crippen LogP contribution >= 0.6 is 35.6 Å². The van der Waals surface area contributed by atoms with Crippen LogP contribution in [0.5, 0.6) is 0 Å². The van der Waals surface area contributed by atoms with E-state index in [4.69, 9.17) is 16.3 Å². The van der Waals surface area contributed by atoms with Gasteiger partial charge in [-0.1, -0.05) is 23.7 Å². The summed E-state index contributed by atoms with van der Waals surface area (Å²) in [5, 5.41) is 4.02. The van der Waals surface area contributed by atoms with E-state index in [2.05, 4.69) is 15.2 Å². The molecule has 114 valence electrons. The first-order chi connectivity index (χ1) is 9.17. The third-order valence-electron chi connectivity index (χ3n) is 2.64. The molecular weight excluding hydrogens is 389 g/mol. The SMILES string of the molecule is CCOCCNC(=NC)N(C)Cc1ccc(Cl)cc1.I. The monoisotopic (exact) mass is 411 g/mol. The standard InChI is InChI=1S/C14H22ClN3O.HI/c1-4-19-10-9-17-14(16-2)18(3)11-12-5-7-13(15)8-6-12;/h5-8H,4,9-11H2,1-3H3,(H,16,17);1H. The second-order valence-corrected chi connectivity index (χ2v) is 4.59. The molecule has 0 heterocycles. The Hall–Kier alpha value is -0.530. The Labute approximate surface area is 143 Å². The number of nitrogens with zero attached hydrogens (tertiary/aromatic N) is 2. The highest BCUT2D eigenvalue weighted by Gasteiger charge is 2.05. The first-order valence-electron chi connectivity index (χ1n) is 6.41. The van der Waals surface area contributed by atoms with Gasteiger partial charge in [-0.05, 0) is 24.6 Å². The van der Waals surface area contributed by atoms with Crippen LogP contribution in [0.25, 0.3) is 0 Å². The van der Waals surface area contributed by atoms with Crippen molar-refractivity contribution in [2.45, 2.75) is 13.5 Å². The van der Waals surface area contributed by atoms with Gasteiger partial charge in [-0.2, -0.15) is 0 Å². The number of halogens is 2. The molecule has 1 aromatic rings. The lowest BCUT2D eigenvalue weighted by atomic mass is 10.2. The molecule has 0 unspecified atom stereocenters. The molecular formula is C14H23ClIN3O. The molecule has 6 heteroatoms. The van der Waals surface area contributed by atoms with Gasteiger partial charge in [0.15, 0.2) is 5.96 Å². The van der Waals surface area contributed by atoms with Gasteiger partial charge >= 0.3 is 0 Å². The molecule has 0 bridgehead atoms. The lowest BCUT2D eigenvalue weighted by Gasteiger charge is -2.22. The quantitative estimate of drug-likeness (QED) is 0.338. The highest BCUT2D eigenvalue weighted by Crippen LogP contribution is 2.10. The van der Waals surface area contributed by atoms with Crippen molar-refractivity contribution < 1.29 is 4.74 Å². The highest BCUT2D eigenvalue weighted by atomic mass is 127. The molecule has 0 saturated carbocycles. The largest absolute Gasteiger partial charge is 0.380 e. The molecule has 0 radical (unpaired) electrons. The van der Waals surface area contributed by atoms with E-state index in [1.54, 1.807) is 7.05 Å². The molecule has 0 aliphatic carbocycles. The zero-order valence-electron chi connectivity index (χ0n) is 12.2. The van der Waals surface area contributed by atoms with Crippen LogP contribution in [0.4, 0.5) is 0 Å². The first kappa shape index (κ1) is 19.5. The summed E-state index contributed by atoms with van der Waals surface area (Å²) < 4.78 is 5.29. The zero-order valence-corrected chi connectivity index (χ0v) is 15.3. The second kappa shape index (κ2) is 11.2. The summed E-state index contributed by atoms with van der Waals surface area (Å²) in [5.74, 6) is 0.856. The topological polar surface area (TPSA) is 36.9 Å². The number of benzene rings is 1. The van der Waals surface area contributed by atoms with Crippen molar-refractivity contribution in [3.8, 4) is 0 Å². The average Bonchev–Trinajstić information content (AvgIpc) is 2.41. The van der Waals surface area contributed by atoms with Gasteiger partial charge in [0, 0.05) is 38.8 Å². The maximum atomic E-state index is 5.87. The Kier molecular flexibility index (Phi) is 10.9. The van der Waals surface area contributed by atoms with Crippen molar-refractivity contribution in [1.29, 1.82) is 0 Å². The third-order valence-corrected chi connectivity index (χ3v) is 2.89. The van der Waals surface area contributed by atoms with Gasteiger partial charge in [0.1, 0.15) is 0 Å². The Morgan fingerprint density at radius 2 is 2.00 bits per heavy atom. The van der Waals surface area contributed by atoms with Gasteiger partial charge in [-0.15, -0.1) is 24.0 Å². The van der Waals surface area contributed by atoms with E-state index < -0.39 is 0 Å². The molecule has 20 heavy (non-hydrogen) atoms. The van der Waals surface area contributed by atoms with Crippen molar-refractivity contribution in [1.82, 2.24) is 10.2 Å². The van der Waals surface area contributed by atoms with E-state index in [1.807, 2.05) is 38.2 Å². The summed E-state index contributed by atoms with van der Waals surface area (Å²) in [6.45, 7) is 4.95. The number of nitrogens with one attached hydrogen (secondary N) is 1. The second-order valence-electron chi connectivity index (χ2n) is 4.15. The van der Waals surface area contributed by atoms with E-state index >= 15 is 0 Å². The van der Waals surface area contributed by atoms with E-state index in [-0.39, 0.29) is 24.0 Å². The van der Waals surface area contributed by atoms with Crippen LogP contribution in [-0.4, -0.2) is 44.7 Å². The van der Waals surface area contributed by atoms with Crippen LogP contribution in [0.1, 0.15) is 12.5 Å².